The molecule has 0 spiro atoms. The van der Waals surface area contributed by atoms with Crippen LogP contribution < -0.4 is 10.1 Å². The summed E-state index contributed by atoms with van der Waals surface area (Å²) < 4.78 is 42.2. The Bertz CT molecular complexity index is 551. The minimum Gasteiger partial charge on any atom is -0.484 e. The molecule has 2 aromatic rings. The second-order valence-electron chi connectivity index (χ2n) is 4.13. The van der Waals surface area contributed by atoms with Crippen LogP contribution in [0.25, 0.3) is 0 Å². The Morgan fingerprint density at radius 3 is 2.50 bits per heavy atom. The first kappa shape index (κ1) is 14.2. The molecule has 0 atom stereocenters. The van der Waals surface area contributed by atoms with Gasteiger partial charge in [0.15, 0.2) is 6.61 Å². The van der Waals surface area contributed by atoms with Crippen LogP contribution in [-0.4, -0.2) is 27.8 Å². The summed E-state index contributed by atoms with van der Waals surface area (Å²) in [5, 5.41) is 10.6. The minimum absolute atomic E-state index is 0.176. The van der Waals surface area contributed by atoms with Gasteiger partial charge in [-0.15, -0.1) is 5.10 Å². The lowest BCUT2D eigenvalue weighted by Crippen LogP contribution is -2.19. The molecule has 0 radical (unpaired) electrons. The van der Waals surface area contributed by atoms with Gasteiger partial charge in [0.1, 0.15) is 5.75 Å². The number of hydrogen-bond donors (Lipinski definition) is 1. The van der Waals surface area contributed by atoms with E-state index in [2.05, 4.69) is 20.4 Å². The Kier molecular flexibility index (Phi) is 4.11. The lowest BCUT2D eigenvalue weighted by atomic mass is 10.3. The number of rotatable bonds is 5. The number of aromatic nitrogens is 3. The van der Waals surface area contributed by atoms with Crippen molar-refractivity contribution in [2.75, 3.05) is 11.9 Å². The van der Waals surface area contributed by atoms with Gasteiger partial charge < -0.3 is 10.1 Å². The molecule has 0 bridgehead atoms. The molecule has 0 unspecified atom stereocenters. The molecular weight excluding hydrogens is 273 g/mol. The highest BCUT2D eigenvalue weighted by molar-refractivity contribution is 5.46. The molecule has 0 aliphatic heterocycles. The molecule has 108 valence electrons. The molecule has 20 heavy (non-hydrogen) atoms. The van der Waals surface area contributed by atoms with Crippen LogP contribution in [0.4, 0.5) is 18.9 Å². The third-order valence-corrected chi connectivity index (χ3v) is 2.54. The van der Waals surface area contributed by atoms with Crippen molar-refractivity contribution in [2.24, 2.45) is 7.05 Å². The van der Waals surface area contributed by atoms with Gasteiger partial charge in [0.25, 0.3) is 0 Å². The van der Waals surface area contributed by atoms with Crippen LogP contribution in [0.5, 0.6) is 5.75 Å². The summed E-state index contributed by atoms with van der Waals surface area (Å²) >= 11 is 0. The van der Waals surface area contributed by atoms with E-state index in [9.17, 15) is 13.2 Å². The van der Waals surface area contributed by atoms with E-state index in [4.69, 9.17) is 0 Å². The van der Waals surface area contributed by atoms with Gasteiger partial charge in [0.05, 0.1) is 18.4 Å². The van der Waals surface area contributed by atoms with Gasteiger partial charge in [-0.3, -0.25) is 4.68 Å². The van der Waals surface area contributed by atoms with Crippen LogP contribution in [0.15, 0.2) is 30.5 Å². The first-order valence-electron chi connectivity index (χ1n) is 5.81. The maximum absolute atomic E-state index is 12.0. The fraction of sp³-hybridized carbons (Fsp3) is 0.333. The van der Waals surface area contributed by atoms with Crippen molar-refractivity contribution in [3.8, 4) is 5.75 Å². The highest BCUT2D eigenvalue weighted by atomic mass is 19.4. The second-order valence-corrected chi connectivity index (χ2v) is 4.13. The van der Waals surface area contributed by atoms with Crippen LogP contribution >= 0.6 is 0 Å². The van der Waals surface area contributed by atoms with Crippen LogP contribution in [0, 0.1) is 0 Å². The molecule has 0 fully saturated rings. The molecule has 1 heterocycles. The molecule has 2 rings (SSSR count). The number of nitrogens with zero attached hydrogens (tertiary/aromatic N) is 3. The number of halogens is 3. The van der Waals surface area contributed by atoms with Gasteiger partial charge in [-0.2, -0.15) is 13.2 Å². The summed E-state index contributed by atoms with van der Waals surface area (Å²) in [6, 6.07) is 6.26. The number of benzene rings is 1. The van der Waals surface area contributed by atoms with Crippen molar-refractivity contribution < 1.29 is 17.9 Å². The summed E-state index contributed by atoms with van der Waals surface area (Å²) in [5.74, 6) is 0.176. The Morgan fingerprint density at radius 2 is 1.95 bits per heavy atom. The average Bonchev–Trinajstić information content (AvgIpc) is 2.80. The minimum atomic E-state index is -4.33. The average molecular weight is 286 g/mol. The summed E-state index contributed by atoms with van der Waals surface area (Å²) in [5.41, 5.74) is 1.66. The molecule has 0 saturated heterocycles. The Morgan fingerprint density at radius 1 is 1.25 bits per heavy atom. The zero-order valence-electron chi connectivity index (χ0n) is 10.7. The molecule has 1 aromatic heterocycles. The van der Waals surface area contributed by atoms with Crippen molar-refractivity contribution in [1.29, 1.82) is 0 Å². The van der Waals surface area contributed by atoms with E-state index in [1.54, 1.807) is 30.1 Å². The first-order chi connectivity index (χ1) is 9.44. The Hall–Kier alpha value is -2.25. The van der Waals surface area contributed by atoms with E-state index in [0.29, 0.717) is 6.54 Å². The van der Waals surface area contributed by atoms with Gasteiger partial charge in [0, 0.05) is 12.7 Å². The SMILES string of the molecule is Cn1nncc1CNc1ccc(OCC(F)(F)F)cc1. The van der Waals surface area contributed by atoms with Gasteiger partial charge in [-0.05, 0) is 24.3 Å². The van der Waals surface area contributed by atoms with Gasteiger partial charge in [0.2, 0.25) is 0 Å². The maximum atomic E-state index is 12.0. The summed E-state index contributed by atoms with van der Waals surface area (Å²) in [6.07, 6.45) is -2.70. The van der Waals surface area contributed by atoms with E-state index in [1.807, 2.05) is 0 Å². The monoisotopic (exact) mass is 286 g/mol. The van der Waals surface area contributed by atoms with E-state index in [0.717, 1.165) is 11.4 Å². The molecule has 1 aromatic carbocycles. The fourth-order valence-electron chi connectivity index (χ4n) is 1.50. The van der Waals surface area contributed by atoms with E-state index in [-0.39, 0.29) is 5.75 Å². The summed E-state index contributed by atoms with van der Waals surface area (Å²) in [6.45, 7) is -0.771. The van der Waals surface area contributed by atoms with Crippen molar-refractivity contribution >= 4 is 5.69 Å². The normalized spacial score (nSPS) is 11.4. The number of alkyl halides is 3. The quantitative estimate of drug-likeness (QED) is 0.916. The van der Waals surface area contributed by atoms with E-state index < -0.39 is 12.8 Å². The second kappa shape index (κ2) is 5.81. The zero-order valence-corrected chi connectivity index (χ0v) is 10.7. The standard InChI is InChI=1S/C12H13F3N4O/c1-19-10(7-17-18-19)6-16-9-2-4-11(5-3-9)20-8-12(13,14)15/h2-5,7,16H,6,8H2,1H3. The highest BCUT2D eigenvalue weighted by Crippen LogP contribution is 2.20. The fourth-order valence-corrected chi connectivity index (χ4v) is 1.50. The molecule has 0 amide bonds. The topological polar surface area (TPSA) is 52.0 Å². The lowest BCUT2D eigenvalue weighted by Gasteiger charge is -2.10. The third kappa shape index (κ3) is 4.15. The van der Waals surface area contributed by atoms with E-state index in [1.165, 1.54) is 12.1 Å². The van der Waals surface area contributed by atoms with Crippen LogP contribution in [0.1, 0.15) is 5.69 Å². The molecule has 0 saturated carbocycles. The first-order valence-corrected chi connectivity index (χ1v) is 5.81. The summed E-state index contributed by atoms with van der Waals surface area (Å²) in [4.78, 5) is 0. The predicted octanol–water partition coefficient (Wildman–Crippen LogP) is 2.37. The van der Waals surface area contributed by atoms with Crippen molar-refractivity contribution in [3.63, 3.8) is 0 Å². The number of anilines is 1. The van der Waals surface area contributed by atoms with Crippen LogP contribution in [0.3, 0.4) is 0 Å². The van der Waals surface area contributed by atoms with Crippen molar-refractivity contribution in [1.82, 2.24) is 15.0 Å². The zero-order chi connectivity index (χ0) is 14.6. The number of hydrogen-bond acceptors (Lipinski definition) is 4. The maximum Gasteiger partial charge on any atom is 0.422 e. The Labute approximate surface area is 113 Å². The molecule has 1 N–H and O–H groups in total. The predicted molar refractivity (Wildman–Crippen MR) is 66.3 cm³/mol. The van der Waals surface area contributed by atoms with Crippen molar-refractivity contribution in [3.05, 3.63) is 36.2 Å². The van der Waals surface area contributed by atoms with Crippen LogP contribution in [-0.2, 0) is 13.6 Å². The molecule has 0 aliphatic carbocycles. The van der Waals surface area contributed by atoms with Gasteiger partial charge in [-0.1, -0.05) is 5.21 Å². The molecule has 0 aliphatic rings. The summed E-state index contributed by atoms with van der Waals surface area (Å²) in [7, 11) is 1.78. The number of nitrogens with one attached hydrogen (secondary N) is 1. The third-order valence-electron chi connectivity index (χ3n) is 2.54. The molecule has 5 nitrogen and oxygen atoms in total. The molecule has 8 heteroatoms. The Balaban J connectivity index is 1.87. The van der Waals surface area contributed by atoms with Crippen molar-refractivity contribution in [2.45, 2.75) is 12.7 Å². The highest BCUT2D eigenvalue weighted by Gasteiger charge is 2.28. The molecular formula is C12H13F3N4O. The van der Waals surface area contributed by atoms with Crippen LogP contribution in [0.2, 0.25) is 0 Å². The lowest BCUT2D eigenvalue weighted by molar-refractivity contribution is -0.153. The smallest absolute Gasteiger partial charge is 0.422 e. The number of aryl methyl sites for hydroxylation is 1. The van der Waals surface area contributed by atoms with Gasteiger partial charge in [-0.25, -0.2) is 0 Å². The van der Waals surface area contributed by atoms with Gasteiger partial charge >= 0.3 is 6.18 Å². The van der Waals surface area contributed by atoms with E-state index >= 15 is 0 Å². The number of ether oxygens (including phenoxy) is 1. The largest absolute Gasteiger partial charge is 0.484 e.